The Morgan fingerprint density at radius 2 is 1.90 bits per heavy atom. The lowest BCUT2D eigenvalue weighted by molar-refractivity contribution is -0.137. The molecule has 4 nitrogen and oxygen atoms in total. The Balaban J connectivity index is 2.57. The number of hydrogen-bond acceptors (Lipinski definition) is 3. The summed E-state index contributed by atoms with van der Waals surface area (Å²) in [5.74, 6) is 0.196. The fourth-order valence-corrected chi connectivity index (χ4v) is 3.10. The average molecular weight is 283 g/mol. The van der Waals surface area contributed by atoms with Gasteiger partial charge in [-0.05, 0) is 31.2 Å². The van der Waals surface area contributed by atoms with Gasteiger partial charge in [-0.1, -0.05) is 27.7 Å². The van der Waals surface area contributed by atoms with E-state index in [9.17, 15) is 4.79 Å². The highest BCUT2D eigenvalue weighted by atomic mass is 16.2. The smallest absolute Gasteiger partial charge is 0.226 e. The van der Waals surface area contributed by atoms with Crippen LogP contribution in [0.5, 0.6) is 0 Å². The van der Waals surface area contributed by atoms with Crippen LogP contribution in [0.25, 0.3) is 0 Å². The van der Waals surface area contributed by atoms with Gasteiger partial charge in [-0.25, -0.2) is 0 Å². The predicted octanol–water partition coefficient (Wildman–Crippen LogP) is 1.94. The molecule has 0 aromatic heterocycles. The Morgan fingerprint density at radius 1 is 1.35 bits per heavy atom. The fraction of sp³-hybridized carbons (Fsp3) is 0.938. The molecule has 20 heavy (non-hydrogen) atoms. The lowest BCUT2D eigenvalue weighted by Crippen LogP contribution is -2.48. The van der Waals surface area contributed by atoms with Gasteiger partial charge in [0.05, 0.1) is 5.92 Å². The number of hydrogen-bond donors (Lipinski definition) is 1. The zero-order valence-corrected chi connectivity index (χ0v) is 14.0. The summed E-state index contributed by atoms with van der Waals surface area (Å²) in [7, 11) is 1.96. The second kappa shape index (κ2) is 7.41. The average Bonchev–Trinajstić information content (AvgIpc) is 2.42. The predicted molar refractivity (Wildman–Crippen MR) is 84.5 cm³/mol. The van der Waals surface area contributed by atoms with Crippen LogP contribution in [0.3, 0.4) is 0 Å². The highest BCUT2D eigenvalue weighted by Crippen LogP contribution is 2.26. The van der Waals surface area contributed by atoms with Crippen molar-refractivity contribution in [1.29, 1.82) is 0 Å². The Labute approximate surface area is 124 Å². The van der Waals surface area contributed by atoms with Crippen LogP contribution < -0.4 is 5.73 Å². The molecular formula is C16H33N3O. The van der Waals surface area contributed by atoms with Crippen molar-refractivity contribution in [2.24, 2.45) is 17.1 Å². The van der Waals surface area contributed by atoms with Crippen LogP contribution >= 0.6 is 0 Å². The summed E-state index contributed by atoms with van der Waals surface area (Å²) in [6.45, 7) is 12.5. The molecule has 0 aromatic rings. The minimum absolute atomic E-state index is 0.0378. The molecule has 0 aliphatic carbocycles. The molecule has 2 N–H and O–H groups in total. The highest BCUT2D eigenvalue weighted by Gasteiger charge is 2.30. The van der Waals surface area contributed by atoms with E-state index in [0.29, 0.717) is 12.6 Å². The number of nitrogens with zero attached hydrogens (tertiary/aromatic N) is 2. The molecule has 118 valence electrons. The molecule has 1 rings (SSSR count). The van der Waals surface area contributed by atoms with Gasteiger partial charge in [-0.15, -0.1) is 0 Å². The Kier molecular flexibility index (Phi) is 6.46. The number of rotatable bonds is 5. The molecule has 1 unspecified atom stereocenters. The second-order valence-corrected chi connectivity index (χ2v) is 7.31. The van der Waals surface area contributed by atoms with E-state index in [2.05, 4.69) is 32.6 Å². The summed E-state index contributed by atoms with van der Waals surface area (Å²) in [6, 6.07) is 0.388. The third-order valence-corrected chi connectivity index (χ3v) is 4.39. The van der Waals surface area contributed by atoms with Crippen molar-refractivity contribution in [3.63, 3.8) is 0 Å². The zero-order valence-electron chi connectivity index (χ0n) is 14.0. The Hall–Kier alpha value is -0.610. The third-order valence-electron chi connectivity index (χ3n) is 4.39. The monoisotopic (exact) mass is 283 g/mol. The van der Waals surface area contributed by atoms with Crippen molar-refractivity contribution >= 4 is 5.91 Å². The molecule has 1 saturated heterocycles. The van der Waals surface area contributed by atoms with E-state index in [-0.39, 0.29) is 17.2 Å². The minimum atomic E-state index is -0.0378. The van der Waals surface area contributed by atoms with Crippen LogP contribution in [-0.2, 0) is 4.79 Å². The molecule has 1 aliphatic rings. The van der Waals surface area contributed by atoms with E-state index < -0.39 is 0 Å². The molecule has 1 aliphatic heterocycles. The molecule has 1 amide bonds. The number of piperidine rings is 1. The first kappa shape index (κ1) is 17.4. The molecule has 0 spiro atoms. The van der Waals surface area contributed by atoms with Crippen molar-refractivity contribution in [3.8, 4) is 0 Å². The van der Waals surface area contributed by atoms with E-state index in [1.165, 1.54) is 0 Å². The summed E-state index contributed by atoms with van der Waals surface area (Å²) < 4.78 is 0. The number of amides is 1. The van der Waals surface area contributed by atoms with E-state index >= 15 is 0 Å². The van der Waals surface area contributed by atoms with Crippen molar-refractivity contribution in [1.82, 2.24) is 9.80 Å². The first-order valence-corrected chi connectivity index (χ1v) is 7.97. The van der Waals surface area contributed by atoms with Gasteiger partial charge in [0.2, 0.25) is 5.91 Å². The number of likely N-dealkylation sites (tertiary alicyclic amines) is 1. The molecule has 1 heterocycles. The van der Waals surface area contributed by atoms with Gasteiger partial charge in [0.1, 0.15) is 0 Å². The SMILES string of the molecule is CCN1CCC(N(C)C(=O)C(CN)CC(C)(C)C)CC1. The van der Waals surface area contributed by atoms with Crippen molar-refractivity contribution < 1.29 is 4.79 Å². The quantitative estimate of drug-likeness (QED) is 0.839. The summed E-state index contributed by atoms with van der Waals surface area (Å²) in [5, 5.41) is 0. The first-order chi connectivity index (χ1) is 9.28. The van der Waals surface area contributed by atoms with Gasteiger partial charge >= 0.3 is 0 Å². The van der Waals surface area contributed by atoms with Crippen molar-refractivity contribution in [2.45, 2.75) is 53.0 Å². The van der Waals surface area contributed by atoms with E-state index in [1.54, 1.807) is 0 Å². The number of nitrogens with two attached hydrogens (primary N) is 1. The summed E-state index contributed by atoms with van der Waals surface area (Å²) in [6.07, 6.45) is 3.03. The summed E-state index contributed by atoms with van der Waals surface area (Å²) in [5.41, 5.74) is 5.98. The molecule has 0 aromatic carbocycles. The van der Waals surface area contributed by atoms with E-state index in [4.69, 9.17) is 5.73 Å². The highest BCUT2D eigenvalue weighted by molar-refractivity contribution is 5.79. The van der Waals surface area contributed by atoms with E-state index in [1.807, 2.05) is 11.9 Å². The molecular weight excluding hydrogens is 250 g/mol. The topological polar surface area (TPSA) is 49.6 Å². The molecule has 1 atom stereocenters. The number of carbonyl (C=O) groups excluding carboxylic acids is 1. The maximum Gasteiger partial charge on any atom is 0.226 e. The Bertz CT molecular complexity index is 303. The first-order valence-electron chi connectivity index (χ1n) is 7.97. The maximum absolute atomic E-state index is 12.6. The summed E-state index contributed by atoms with van der Waals surface area (Å²) in [4.78, 5) is 17.1. The third kappa shape index (κ3) is 5.06. The van der Waals surface area contributed by atoms with Gasteiger partial charge in [-0.2, -0.15) is 0 Å². The van der Waals surface area contributed by atoms with Gasteiger partial charge in [-0.3, -0.25) is 4.79 Å². The molecule has 1 fully saturated rings. The number of carbonyl (C=O) groups is 1. The molecule has 0 saturated carbocycles. The van der Waals surface area contributed by atoms with Crippen molar-refractivity contribution in [3.05, 3.63) is 0 Å². The lowest BCUT2D eigenvalue weighted by Gasteiger charge is -2.38. The van der Waals surface area contributed by atoms with Gasteiger partial charge in [0.15, 0.2) is 0 Å². The largest absolute Gasteiger partial charge is 0.342 e. The van der Waals surface area contributed by atoms with E-state index in [0.717, 1.165) is 38.9 Å². The fourth-order valence-electron chi connectivity index (χ4n) is 3.10. The van der Waals surface area contributed by atoms with Crippen LogP contribution in [-0.4, -0.2) is 55.0 Å². The van der Waals surface area contributed by atoms with Gasteiger partial charge < -0.3 is 15.5 Å². The zero-order chi connectivity index (χ0) is 15.3. The Morgan fingerprint density at radius 3 is 2.30 bits per heavy atom. The van der Waals surface area contributed by atoms with Crippen LogP contribution in [0.1, 0.15) is 47.0 Å². The van der Waals surface area contributed by atoms with Crippen LogP contribution in [0.4, 0.5) is 0 Å². The standard InChI is InChI=1S/C16H33N3O/c1-6-19-9-7-14(8-10-19)18(5)15(20)13(12-17)11-16(2,3)4/h13-14H,6-12,17H2,1-5H3. The van der Waals surface area contributed by atoms with Gasteiger partial charge in [0, 0.05) is 32.7 Å². The normalized spacial score (nSPS) is 19.9. The van der Waals surface area contributed by atoms with Crippen LogP contribution in [0, 0.1) is 11.3 Å². The second-order valence-electron chi connectivity index (χ2n) is 7.31. The molecule has 4 heteroatoms. The minimum Gasteiger partial charge on any atom is -0.342 e. The van der Waals surface area contributed by atoms with Crippen molar-refractivity contribution in [2.75, 3.05) is 33.2 Å². The maximum atomic E-state index is 12.6. The molecule has 0 bridgehead atoms. The van der Waals surface area contributed by atoms with Crippen LogP contribution in [0.2, 0.25) is 0 Å². The lowest BCUT2D eigenvalue weighted by atomic mass is 9.83. The summed E-state index contributed by atoms with van der Waals surface area (Å²) >= 11 is 0. The van der Waals surface area contributed by atoms with Gasteiger partial charge in [0.25, 0.3) is 0 Å². The van der Waals surface area contributed by atoms with Crippen LogP contribution in [0.15, 0.2) is 0 Å². The molecule has 0 radical (unpaired) electrons.